The largest absolute Gasteiger partial charge is 0.494 e. The van der Waals surface area contributed by atoms with Crippen molar-refractivity contribution in [2.24, 2.45) is 0 Å². The quantitative estimate of drug-likeness (QED) is 0.327. The molecule has 1 aliphatic carbocycles. The molecule has 0 fully saturated rings. The summed E-state index contributed by atoms with van der Waals surface area (Å²) >= 11 is 1.66. The summed E-state index contributed by atoms with van der Waals surface area (Å²) in [5.41, 5.74) is 5.16. The predicted molar refractivity (Wildman–Crippen MR) is 137 cm³/mol. The first-order valence-corrected chi connectivity index (χ1v) is 12.1. The Morgan fingerprint density at radius 1 is 1.12 bits per heavy atom. The first-order chi connectivity index (χ1) is 16.3. The molecule has 0 saturated heterocycles. The summed E-state index contributed by atoms with van der Waals surface area (Å²) in [5.74, 6) is 0.811. The molecule has 0 amide bonds. The van der Waals surface area contributed by atoms with E-state index >= 15 is 0 Å². The maximum Gasteiger partial charge on any atom is 0.186 e. The Morgan fingerprint density at radius 2 is 2.00 bits per heavy atom. The fraction of sp³-hybridized carbons (Fsp3) is 0.214. The van der Waals surface area contributed by atoms with Crippen molar-refractivity contribution in [1.82, 2.24) is 4.98 Å². The van der Waals surface area contributed by atoms with Crippen molar-refractivity contribution in [3.8, 4) is 5.75 Å². The van der Waals surface area contributed by atoms with Gasteiger partial charge in [0.1, 0.15) is 12.0 Å². The van der Waals surface area contributed by atoms with E-state index in [2.05, 4.69) is 58.8 Å². The lowest BCUT2D eigenvalue weighted by atomic mass is 10.1. The van der Waals surface area contributed by atoms with E-state index in [0.29, 0.717) is 18.7 Å². The molecule has 0 saturated carbocycles. The van der Waals surface area contributed by atoms with Crippen LogP contribution in [0.5, 0.6) is 5.75 Å². The van der Waals surface area contributed by atoms with Crippen LogP contribution in [0.1, 0.15) is 40.5 Å². The third-order valence-electron chi connectivity index (χ3n) is 5.48. The van der Waals surface area contributed by atoms with Crippen LogP contribution in [0.3, 0.4) is 0 Å². The van der Waals surface area contributed by atoms with Crippen LogP contribution in [-0.4, -0.2) is 24.4 Å². The number of hydrogen-bond acceptors (Lipinski definition) is 5. The summed E-state index contributed by atoms with van der Waals surface area (Å²) in [7, 11) is 0. The number of thiazole rings is 1. The third-order valence-corrected chi connectivity index (χ3v) is 6.38. The molecule has 5 heteroatoms. The van der Waals surface area contributed by atoms with Gasteiger partial charge in [-0.15, -0.1) is 11.3 Å². The zero-order valence-electron chi connectivity index (χ0n) is 18.8. The molecule has 2 aromatic carbocycles. The van der Waals surface area contributed by atoms with E-state index in [4.69, 9.17) is 9.72 Å². The molecule has 4 rings (SSSR count). The molecule has 0 spiro atoms. The van der Waals surface area contributed by atoms with Gasteiger partial charge in [-0.25, -0.2) is 4.98 Å². The SMILES string of the molecule is CCOc1ccc(C=O)cc1CN(CCc1ccccc1)c1nc(C2=CC=CC=CC2)cs1. The number of rotatable bonds is 10. The zero-order chi connectivity index (χ0) is 22.9. The topological polar surface area (TPSA) is 42.4 Å². The highest BCUT2D eigenvalue weighted by atomic mass is 32.1. The number of allylic oxidation sites excluding steroid dienone is 6. The lowest BCUT2D eigenvalue weighted by Crippen LogP contribution is -2.25. The van der Waals surface area contributed by atoms with Crippen LogP contribution in [0.25, 0.3) is 5.57 Å². The molecule has 4 nitrogen and oxygen atoms in total. The van der Waals surface area contributed by atoms with Crippen molar-refractivity contribution in [1.29, 1.82) is 0 Å². The zero-order valence-corrected chi connectivity index (χ0v) is 19.6. The third kappa shape index (κ3) is 6.08. The molecule has 168 valence electrons. The average Bonchev–Trinajstić information content (AvgIpc) is 3.18. The fourth-order valence-electron chi connectivity index (χ4n) is 3.77. The molecular formula is C28H28N2O2S. The lowest BCUT2D eigenvalue weighted by molar-refractivity contribution is 0.112. The standard InChI is InChI=1S/C28H28N2O2S/c1-2-32-27-15-14-23(20-31)18-25(27)19-30(17-16-22-10-6-5-7-11-22)28-29-26(21-33-28)24-12-8-3-4-9-13-24/h3-12,14-15,18,20-21H,2,13,16-17,19H2,1H3. The van der Waals surface area contributed by atoms with Gasteiger partial charge in [-0.2, -0.15) is 0 Å². The maximum atomic E-state index is 11.4. The van der Waals surface area contributed by atoms with Gasteiger partial charge >= 0.3 is 0 Å². The summed E-state index contributed by atoms with van der Waals surface area (Å²) in [6.07, 6.45) is 13.1. The normalized spacial score (nSPS) is 12.8. The van der Waals surface area contributed by atoms with Crippen LogP contribution >= 0.6 is 11.3 Å². The smallest absolute Gasteiger partial charge is 0.186 e. The molecule has 0 N–H and O–H groups in total. The Morgan fingerprint density at radius 3 is 2.82 bits per heavy atom. The Kier molecular flexibility index (Phi) is 7.88. The summed E-state index contributed by atoms with van der Waals surface area (Å²) in [6, 6.07) is 16.1. The first-order valence-electron chi connectivity index (χ1n) is 11.2. The van der Waals surface area contributed by atoms with Gasteiger partial charge in [0.2, 0.25) is 0 Å². The number of carbonyl (C=O) groups excluding carboxylic acids is 1. The van der Waals surface area contributed by atoms with Crippen LogP contribution < -0.4 is 9.64 Å². The summed E-state index contributed by atoms with van der Waals surface area (Å²) in [6.45, 7) is 3.98. The van der Waals surface area contributed by atoms with Gasteiger partial charge in [-0.3, -0.25) is 4.79 Å². The van der Waals surface area contributed by atoms with Crippen LogP contribution in [-0.2, 0) is 13.0 Å². The number of benzene rings is 2. The van der Waals surface area contributed by atoms with Gasteiger partial charge in [0.25, 0.3) is 0 Å². The van der Waals surface area contributed by atoms with Crippen LogP contribution in [0, 0.1) is 0 Å². The predicted octanol–water partition coefficient (Wildman–Crippen LogP) is 6.50. The summed E-state index contributed by atoms with van der Waals surface area (Å²) in [4.78, 5) is 18.7. The van der Waals surface area contributed by atoms with Gasteiger partial charge in [0.05, 0.1) is 12.3 Å². The van der Waals surface area contributed by atoms with Crippen molar-refractivity contribution in [2.45, 2.75) is 26.3 Å². The Bertz CT molecular complexity index is 1160. The van der Waals surface area contributed by atoms with Gasteiger partial charge in [-0.1, -0.05) is 60.7 Å². The Balaban J connectivity index is 1.63. The van der Waals surface area contributed by atoms with Crippen molar-refractivity contribution >= 4 is 28.3 Å². The second-order valence-electron chi connectivity index (χ2n) is 7.80. The highest BCUT2D eigenvalue weighted by Crippen LogP contribution is 2.30. The van der Waals surface area contributed by atoms with Crippen molar-refractivity contribution in [2.75, 3.05) is 18.1 Å². The number of aromatic nitrogens is 1. The van der Waals surface area contributed by atoms with Gasteiger partial charge in [0, 0.05) is 29.6 Å². The van der Waals surface area contributed by atoms with Crippen LogP contribution in [0.15, 0.2) is 84.3 Å². The van der Waals surface area contributed by atoms with Gasteiger partial charge in [0.15, 0.2) is 5.13 Å². The minimum absolute atomic E-state index is 0.577. The van der Waals surface area contributed by atoms with E-state index in [1.165, 1.54) is 11.1 Å². The number of ether oxygens (including phenoxy) is 1. The first kappa shape index (κ1) is 22.7. The highest BCUT2D eigenvalue weighted by molar-refractivity contribution is 7.13. The minimum atomic E-state index is 0.577. The molecule has 33 heavy (non-hydrogen) atoms. The molecule has 0 radical (unpaired) electrons. The molecule has 1 heterocycles. The molecule has 0 unspecified atom stereocenters. The van der Waals surface area contributed by atoms with Crippen molar-refractivity contribution in [3.05, 3.63) is 107 Å². The van der Waals surface area contributed by atoms with Crippen molar-refractivity contribution < 1.29 is 9.53 Å². The summed E-state index contributed by atoms with van der Waals surface area (Å²) < 4.78 is 5.87. The number of aldehydes is 1. The number of nitrogens with zero attached hydrogens (tertiary/aromatic N) is 2. The Hall–Kier alpha value is -3.44. The van der Waals surface area contributed by atoms with E-state index in [0.717, 1.165) is 47.8 Å². The van der Waals surface area contributed by atoms with Crippen LogP contribution in [0.2, 0.25) is 0 Å². The lowest BCUT2D eigenvalue weighted by Gasteiger charge is -2.23. The molecular weight excluding hydrogens is 428 g/mol. The molecule has 0 aliphatic heterocycles. The average molecular weight is 457 g/mol. The highest BCUT2D eigenvalue weighted by Gasteiger charge is 2.17. The number of anilines is 1. The molecule has 1 aromatic heterocycles. The molecule has 0 atom stereocenters. The molecule has 1 aliphatic rings. The fourth-order valence-corrected chi connectivity index (χ4v) is 4.65. The van der Waals surface area contributed by atoms with E-state index < -0.39 is 0 Å². The number of carbonyl (C=O) groups is 1. The van der Waals surface area contributed by atoms with E-state index in [9.17, 15) is 4.79 Å². The van der Waals surface area contributed by atoms with E-state index in [-0.39, 0.29) is 0 Å². The van der Waals surface area contributed by atoms with E-state index in [1.807, 2.05) is 31.2 Å². The minimum Gasteiger partial charge on any atom is -0.494 e. The maximum absolute atomic E-state index is 11.4. The Labute approximate surface area is 199 Å². The van der Waals surface area contributed by atoms with Crippen molar-refractivity contribution in [3.63, 3.8) is 0 Å². The van der Waals surface area contributed by atoms with Crippen LogP contribution in [0.4, 0.5) is 5.13 Å². The van der Waals surface area contributed by atoms with Gasteiger partial charge < -0.3 is 9.64 Å². The second kappa shape index (κ2) is 11.4. The van der Waals surface area contributed by atoms with Gasteiger partial charge in [-0.05, 0) is 49.1 Å². The molecule has 0 bridgehead atoms. The summed E-state index contributed by atoms with van der Waals surface area (Å²) in [5, 5.41) is 3.10. The number of hydrogen-bond donors (Lipinski definition) is 0. The second-order valence-corrected chi connectivity index (χ2v) is 8.64. The monoisotopic (exact) mass is 456 g/mol. The van der Waals surface area contributed by atoms with E-state index in [1.54, 1.807) is 17.4 Å². The molecule has 3 aromatic rings.